The van der Waals surface area contributed by atoms with E-state index < -0.39 is 0 Å². The van der Waals surface area contributed by atoms with Crippen molar-refractivity contribution in [3.63, 3.8) is 0 Å². The smallest absolute Gasteiger partial charge is 0.133 e. The van der Waals surface area contributed by atoms with Gasteiger partial charge in [0, 0.05) is 16.8 Å². The lowest BCUT2D eigenvalue weighted by atomic mass is 10.3. The summed E-state index contributed by atoms with van der Waals surface area (Å²) >= 11 is 13.6. The van der Waals surface area contributed by atoms with Gasteiger partial charge in [0.1, 0.15) is 5.15 Å². The van der Waals surface area contributed by atoms with Crippen LogP contribution in [0.25, 0.3) is 0 Å². The fourth-order valence-electron chi connectivity index (χ4n) is 1.29. The Kier molecular flexibility index (Phi) is 4.15. The number of halogens is 2. The van der Waals surface area contributed by atoms with E-state index in [1.807, 2.05) is 24.3 Å². The molecule has 1 aromatic heterocycles. The number of nitrogens with zero attached hydrogens (tertiary/aromatic N) is 1. The largest absolute Gasteiger partial charge is 0.398 e. The van der Waals surface area contributed by atoms with Crippen molar-refractivity contribution in [1.29, 1.82) is 0 Å². The molecule has 17 heavy (non-hydrogen) atoms. The van der Waals surface area contributed by atoms with E-state index in [1.165, 1.54) is 0 Å². The number of hydrogen-bond acceptors (Lipinski definition) is 3. The van der Waals surface area contributed by atoms with Crippen molar-refractivity contribution >= 4 is 40.7 Å². The number of pyridine rings is 1. The molecule has 0 saturated heterocycles. The maximum atomic E-state index is 5.98. The highest BCUT2D eigenvalue weighted by molar-refractivity contribution is 7.98. The number of hydrogen-bond donors (Lipinski definition) is 1. The second-order valence-corrected chi connectivity index (χ2v) is 5.24. The second kappa shape index (κ2) is 5.63. The summed E-state index contributed by atoms with van der Waals surface area (Å²) < 4.78 is 0. The van der Waals surface area contributed by atoms with Crippen LogP contribution >= 0.6 is 35.0 Å². The summed E-state index contributed by atoms with van der Waals surface area (Å²) in [6, 6.07) is 9.43. The number of benzene rings is 1. The number of aromatic nitrogens is 1. The second-order valence-electron chi connectivity index (χ2n) is 3.43. The van der Waals surface area contributed by atoms with E-state index in [1.54, 1.807) is 24.0 Å². The van der Waals surface area contributed by atoms with Crippen LogP contribution in [0.5, 0.6) is 0 Å². The summed E-state index contributed by atoms with van der Waals surface area (Å²) in [7, 11) is 0. The van der Waals surface area contributed by atoms with Crippen LogP contribution in [0.1, 0.15) is 5.56 Å². The topological polar surface area (TPSA) is 38.9 Å². The Morgan fingerprint density at radius 3 is 2.76 bits per heavy atom. The third kappa shape index (κ3) is 3.28. The summed E-state index contributed by atoms with van der Waals surface area (Å²) in [5.74, 6) is 0.757. The Labute approximate surface area is 114 Å². The fourth-order valence-corrected chi connectivity index (χ4v) is 2.72. The molecule has 5 heteroatoms. The zero-order chi connectivity index (χ0) is 12.3. The minimum atomic E-state index is 0.543. The van der Waals surface area contributed by atoms with E-state index in [9.17, 15) is 0 Å². The van der Waals surface area contributed by atoms with E-state index in [2.05, 4.69) is 4.98 Å². The molecule has 0 aliphatic carbocycles. The summed E-state index contributed by atoms with van der Waals surface area (Å²) in [5.41, 5.74) is 7.25. The molecule has 1 heterocycles. The maximum Gasteiger partial charge on any atom is 0.133 e. The quantitative estimate of drug-likeness (QED) is 0.520. The van der Waals surface area contributed by atoms with Gasteiger partial charge in [-0.1, -0.05) is 29.3 Å². The van der Waals surface area contributed by atoms with Gasteiger partial charge in [0.05, 0.1) is 10.7 Å². The van der Waals surface area contributed by atoms with E-state index in [4.69, 9.17) is 28.9 Å². The molecule has 2 N–H and O–H groups in total. The Balaban J connectivity index is 2.08. The van der Waals surface area contributed by atoms with Gasteiger partial charge in [-0.15, -0.1) is 11.8 Å². The first-order valence-electron chi connectivity index (χ1n) is 4.94. The molecule has 0 radical (unpaired) electrons. The predicted octanol–water partition coefficient (Wildman–Crippen LogP) is 4.26. The highest BCUT2D eigenvalue weighted by atomic mass is 35.5. The van der Waals surface area contributed by atoms with Crippen LogP contribution in [0.2, 0.25) is 10.2 Å². The molecule has 0 saturated carbocycles. The van der Waals surface area contributed by atoms with Crippen LogP contribution in [0.3, 0.4) is 0 Å². The Morgan fingerprint density at radius 1 is 1.24 bits per heavy atom. The van der Waals surface area contributed by atoms with Crippen molar-refractivity contribution in [1.82, 2.24) is 4.98 Å². The number of nitrogens with two attached hydrogens (primary N) is 1. The molecule has 1 aromatic carbocycles. The maximum absolute atomic E-state index is 5.98. The molecule has 0 aliphatic heterocycles. The van der Waals surface area contributed by atoms with Crippen LogP contribution < -0.4 is 5.73 Å². The van der Waals surface area contributed by atoms with E-state index >= 15 is 0 Å². The van der Waals surface area contributed by atoms with Crippen LogP contribution in [0, 0.1) is 0 Å². The zero-order valence-corrected chi connectivity index (χ0v) is 11.2. The van der Waals surface area contributed by atoms with Gasteiger partial charge in [-0.05, 0) is 29.8 Å². The van der Waals surface area contributed by atoms with Gasteiger partial charge in [-0.2, -0.15) is 0 Å². The number of thioether (sulfide) groups is 1. The van der Waals surface area contributed by atoms with Gasteiger partial charge in [-0.25, -0.2) is 4.98 Å². The van der Waals surface area contributed by atoms with Gasteiger partial charge in [0.2, 0.25) is 0 Å². The molecule has 0 unspecified atom stereocenters. The minimum Gasteiger partial charge on any atom is -0.398 e. The number of anilines is 1. The molecule has 0 aliphatic rings. The number of rotatable bonds is 3. The highest BCUT2D eigenvalue weighted by Gasteiger charge is 2.03. The Bertz CT molecular complexity index is 532. The van der Waals surface area contributed by atoms with Crippen molar-refractivity contribution < 1.29 is 0 Å². The highest BCUT2D eigenvalue weighted by Crippen LogP contribution is 2.29. The monoisotopic (exact) mass is 284 g/mol. The molecule has 2 rings (SSSR count). The molecule has 0 atom stereocenters. The van der Waals surface area contributed by atoms with Crippen LogP contribution in [-0.2, 0) is 5.75 Å². The molecule has 0 fully saturated rings. The third-order valence-electron chi connectivity index (χ3n) is 2.20. The van der Waals surface area contributed by atoms with Crippen LogP contribution in [-0.4, -0.2) is 4.98 Å². The Hall–Kier alpha value is -0.900. The van der Waals surface area contributed by atoms with Crippen molar-refractivity contribution in [3.8, 4) is 0 Å². The molecule has 88 valence electrons. The first-order chi connectivity index (χ1) is 8.16. The van der Waals surface area contributed by atoms with Gasteiger partial charge in [0.15, 0.2) is 0 Å². The van der Waals surface area contributed by atoms with Gasteiger partial charge in [-0.3, -0.25) is 0 Å². The van der Waals surface area contributed by atoms with E-state index in [0.717, 1.165) is 16.2 Å². The molecule has 2 nitrogen and oxygen atoms in total. The fraction of sp³-hybridized carbons (Fsp3) is 0.0833. The molecule has 2 aromatic rings. The SMILES string of the molecule is Nc1ccc(SCc2cccnc2Cl)cc1Cl. The van der Waals surface area contributed by atoms with E-state index in [0.29, 0.717) is 15.9 Å². The van der Waals surface area contributed by atoms with Crippen molar-refractivity contribution in [3.05, 3.63) is 52.3 Å². The first-order valence-corrected chi connectivity index (χ1v) is 6.68. The lowest BCUT2D eigenvalue weighted by Crippen LogP contribution is -1.87. The number of nitrogen functional groups attached to an aromatic ring is 1. The molecule has 0 bridgehead atoms. The first kappa shape index (κ1) is 12.6. The summed E-state index contributed by atoms with van der Waals surface area (Å²) in [4.78, 5) is 5.09. The van der Waals surface area contributed by atoms with Crippen molar-refractivity contribution in [2.24, 2.45) is 0 Å². The van der Waals surface area contributed by atoms with E-state index in [-0.39, 0.29) is 0 Å². The molecular weight excluding hydrogens is 275 g/mol. The average Bonchev–Trinajstić information content (AvgIpc) is 2.32. The van der Waals surface area contributed by atoms with Crippen LogP contribution in [0.15, 0.2) is 41.4 Å². The van der Waals surface area contributed by atoms with Crippen molar-refractivity contribution in [2.75, 3.05) is 5.73 Å². The molecular formula is C12H10Cl2N2S. The minimum absolute atomic E-state index is 0.543. The lowest BCUT2D eigenvalue weighted by molar-refractivity contribution is 1.25. The third-order valence-corrected chi connectivity index (χ3v) is 3.91. The standard InChI is InChI=1S/C12H10Cl2N2S/c13-10-6-9(3-4-11(10)15)17-7-8-2-1-5-16-12(8)14/h1-6H,7,15H2. The van der Waals surface area contributed by atoms with Gasteiger partial charge < -0.3 is 5.73 Å². The predicted molar refractivity (Wildman–Crippen MR) is 74.7 cm³/mol. The molecule has 0 spiro atoms. The zero-order valence-electron chi connectivity index (χ0n) is 8.86. The molecule has 0 amide bonds. The summed E-state index contributed by atoms with van der Waals surface area (Å²) in [5, 5.41) is 1.12. The summed E-state index contributed by atoms with van der Waals surface area (Å²) in [6.07, 6.45) is 1.68. The van der Waals surface area contributed by atoms with Crippen molar-refractivity contribution in [2.45, 2.75) is 10.6 Å². The van der Waals surface area contributed by atoms with Gasteiger partial charge in [0.25, 0.3) is 0 Å². The van der Waals surface area contributed by atoms with Gasteiger partial charge >= 0.3 is 0 Å². The summed E-state index contributed by atoms with van der Waals surface area (Å²) in [6.45, 7) is 0. The lowest BCUT2D eigenvalue weighted by Gasteiger charge is -2.05. The Morgan fingerprint density at radius 2 is 2.06 bits per heavy atom. The average molecular weight is 285 g/mol. The normalized spacial score (nSPS) is 10.5. The van der Waals surface area contributed by atoms with Crippen LogP contribution in [0.4, 0.5) is 5.69 Å².